The smallest absolute Gasteiger partial charge is 0.335 e. The SMILES string of the molecule is CCc1cc(C)cc(OCCOc2cccc(C=C3C(=O)NC(=O)N(c4ccc(OC)cc4)C3=O)c2)c1. The monoisotopic (exact) mass is 500 g/mol. The summed E-state index contributed by atoms with van der Waals surface area (Å²) in [5.41, 5.74) is 3.09. The Kier molecular flexibility index (Phi) is 7.88. The number of hydrogen-bond acceptors (Lipinski definition) is 6. The number of rotatable bonds is 9. The molecule has 1 heterocycles. The number of aryl methyl sites for hydroxylation is 2. The van der Waals surface area contributed by atoms with Gasteiger partial charge in [-0.05, 0) is 84.6 Å². The predicted molar refractivity (Wildman–Crippen MR) is 140 cm³/mol. The Bertz CT molecular complexity index is 1350. The average molecular weight is 501 g/mol. The van der Waals surface area contributed by atoms with Crippen molar-refractivity contribution in [3.05, 3.63) is 89.0 Å². The molecular weight excluding hydrogens is 472 g/mol. The van der Waals surface area contributed by atoms with Crippen LogP contribution in [0.1, 0.15) is 23.6 Å². The lowest BCUT2D eigenvalue weighted by atomic mass is 10.1. The number of ether oxygens (including phenoxy) is 3. The zero-order valence-corrected chi connectivity index (χ0v) is 20.9. The third-order valence-corrected chi connectivity index (χ3v) is 5.74. The molecule has 4 amide bonds. The lowest BCUT2D eigenvalue weighted by Crippen LogP contribution is -2.54. The molecule has 1 aliphatic heterocycles. The molecule has 0 spiro atoms. The molecule has 0 aliphatic carbocycles. The summed E-state index contributed by atoms with van der Waals surface area (Å²) in [5, 5.41) is 2.22. The summed E-state index contributed by atoms with van der Waals surface area (Å²) in [6, 6.07) is 18.7. The van der Waals surface area contributed by atoms with Crippen molar-refractivity contribution in [2.45, 2.75) is 20.3 Å². The number of nitrogens with zero attached hydrogens (tertiary/aromatic N) is 1. The molecule has 0 saturated carbocycles. The van der Waals surface area contributed by atoms with Crippen LogP contribution in [0.25, 0.3) is 6.08 Å². The van der Waals surface area contributed by atoms with Gasteiger partial charge in [0.1, 0.15) is 36.0 Å². The van der Waals surface area contributed by atoms with Gasteiger partial charge in [0.05, 0.1) is 12.8 Å². The summed E-state index contributed by atoms with van der Waals surface area (Å²) in [6.07, 6.45) is 2.37. The van der Waals surface area contributed by atoms with Gasteiger partial charge in [-0.15, -0.1) is 0 Å². The maximum atomic E-state index is 13.1. The van der Waals surface area contributed by atoms with E-state index >= 15 is 0 Å². The van der Waals surface area contributed by atoms with Crippen molar-refractivity contribution < 1.29 is 28.6 Å². The van der Waals surface area contributed by atoms with E-state index in [1.807, 2.05) is 19.1 Å². The first-order valence-electron chi connectivity index (χ1n) is 11.9. The summed E-state index contributed by atoms with van der Waals surface area (Å²) >= 11 is 0. The molecule has 4 rings (SSSR count). The molecule has 1 saturated heterocycles. The topological polar surface area (TPSA) is 94.2 Å². The Morgan fingerprint density at radius 1 is 0.865 bits per heavy atom. The number of urea groups is 1. The van der Waals surface area contributed by atoms with Crippen LogP contribution in [0.3, 0.4) is 0 Å². The van der Waals surface area contributed by atoms with Crippen LogP contribution in [0.4, 0.5) is 10.5 Å². The average Bonchev–Trinajstić information content (AvgIpc) is 2.89. The molecule has 0 radical (unpaired) electrons. The molecular formula is C29H28N2O6. The highest BCUT2D eigenvalue weighted by Crippen LogP contribution is 2.25. The number of anilines is 1. The molecule has 1 fully saturated rings. The highest BCUT2D eigenvalue weighted by atomic mass is 16.5. The van der Waals surface area contributed by atoms with Gasteiger partial charge < -0.3 is 14.2 Å². The molecule has 3 aromatic rings. The van der Waals surface area contributed by atoms with E-state index in [1.165, 1.54) is 18.7 Å². The highest BCUT2D eigenvalue weighted by molar-refractivity contribution is 6.39. The number of amides is 4. The van der Waals surface area contributed by atoms with Crippen LogP contribution in [0.5, 0.6) is 17.2 Å². The number of carbonyl (C=O) groups excluding carboxylic acids is 3. The van der Waals surface area contributed by atoms with Gasteiger partial charge in [-0.25, -0.2) is 9.69 Å². The number of carbonyl (C=O) groups is 3. The van der Waals surface area contributed by atoms with Gasteiger partial charge >= 0.3 is 6.03 Å². The van der Waals surface area contributed by atoms with Crippen molar-refractivity contribution in [3.8, 4) is 17.2 Å². The van der Waals surface area contributed by atoms with E-state index in [9.17, 15) is 14.4 Å². The van der Waals surface area contributed by atoms with E-state index in [-0.39, 0.29) is 5.57 Å². The standard InChI is InChI=1S/C29H28N2O6/c1-4-20-14-19(2)15-25(16-20)37-13-12-36-24-7-5-6-21(17-24)18-26-27(32)30-29(34)31(28(26)33)22-8-10-23(35-3)11-9-22/h5-11,14-18H,4,12-13H2,1-3H3,(H,30,32,34). The van der Waals surface area contributed by atoms with Gasteiger partial charge in [0.15, 0.2) is 0 Å². The third kappa shape index (κ3) is 6.16. The van der Waals surface area contributed by atoms with Crippen LogP contribution >= 0.6 is 0 Å². The molecule has 0 aromatic heterocycles. The molecule has 0 bridgehead atoms. The zero-order valence-electron chi connectivity index (χ0n) is 20.9. The quantitative estimate of drug-likeness (QED) is 0.260. The van der Waals surface area contributed by atoms with Gasteiger partial charge in [0, 0.05) is 0 Å². The largest absolute Gasteiger partial charge is 0.497 e. The van der Waals surface area contributed by atoms with Gasteiger partial charge in [-0.2, -0.15) is 0 Å². The molecule has 37 heavy (non-hydrogen) atoms. The summed E-state index contributed by atoms with van der Waals surface area (Å²) in [5.74, 6) is 0.458. The van der Waals surface area contributed by atoms with Crippen LogP contribution in [-0.2, 0) is 16.0 Å². The normalized spacial score (nSPS) is 14.5. The van der Waals surface area contributed by atoms with E-state index in [4.69, 9.17) is 14.2 Å². The van der Waals surface area contributed by atoms with E-state index < -0.39 is 17.8 Å². The van der Waals surface area contributed by atoms with Crippen molar-refractivity contribution in [2.24, 2.45) is 0 Å². The fourth-order valence-electron chi connectivity index (χ4n) is 3.92. The van der Waals surface area contributed by atoms with Crippen molar-refractivity contribution in [2.75, 3.05) is 25.2 Å². The molecule has 0 atom stereocenters. The lowest BCUT2D eigenvalue weighted by molar-refractivity contribution is -0.122. The summed E-state index contributed by atoms with van der Waals surface area (Å²) in [4.78, 5) is 38.9. The highest BCUT2D eigenvalue weighted by Gasteiger charge is 2.36. The van der Waals surface area contributed by atoms with E-state index in [0.29, 0.717) is 36.0 Å². The molecule has 0 unspecified atom stereocenters. The van der Waals surface area contributed by atoms with Crippen molar-refractivity contribution in [1.82, 2.24) is 5.32 Å². The van der Waals surface area contributed by atoms with Crippen LogP contribution in [-0.4, -0.2) is 38.2 Å². The van der Waals surface area contributed by atoms with Gasteiger partial charge in [0.2, 0.25) is 0 Å². The van der Waals surface area contributed by atoms with Crippen LogP contribution in [0, 0.1) is 6.92 Å². The van der Waals surface area contributed by atoms with E-state index in [1.54, 1.807) is 48.5 Å². The lowest BCUT2D eigenvalue weighted by Gasteiger charge is -2.26. The van der Waals surface area contributed by atoms with Gasteiger partial charge in [-0.3, -0.25) is 14.9 Å². The van der Waals surface area contributed by atoms with Gasteiger partial charge in [0.25, 0.3) is 11.8 Å². The Labute approximate surface area is 215 Å². The Balaban J connectivity index is 1.44. The first-order chi connectivity index (χ1) is 17.9. The number of barbiturate groups is 1. The summed E-state index contributed by atoms with van der Waals surface area (Å²) in [7, 11) is 1.52. The Morgan fingerprint density at radius 2 is 1.59 bits per heavy atom. The molecule has 190 valence electrons. The number of imide groups is 2. The predicted octanol–water partition coefficient (Wildman–Crippen LogP) is 4.69. The number of nitrogens with one attached hydrogen (secondary N) is 1. The second-order valence-corrected chi connectivity index (χ2v) is 8.43. The second-order valence-electron chi connectivity index (χ2n) is 8.43. The fraction of sp³-hybridized carbons (Fsp3) is 0.207. The van der Waals surface area contributed by atoms with Crippen LogP contribution < -0.4 is 24.4 Å². The molecule has 3 aromatic carbocycles. The minimum atomic E-state index is -0.811. The molecule has 1 N–H and O–H groups in total. The van der Waals surface area contributed by atoms with Crippen LogP contribution in [0.15, 0.2) is 72.3 Å². The molecule has 1 aliphatic rings. The van der Waals surface area contributed by atoms with Crippen molar-refractivity contribution in [3.63, 3.8) is 0 Å². The van der Waals surface area contributed by atoms with Crippen molar-refractivity contribution >= 4 is 29.6 Å². The van der Waals surface area contributed by atoms with Crippen LogP contribution in [0.2, 0.25) is 0 Å². The third-order valence-electron chi connectivity index (χ3n) is 5.74. The minimum Gasteiger partial charge on any atom is -0.497 e. The second kappa shape index (κ2) is 11.4. The van der Waals surface area contributed by atoms with E-state index in [0.717, 1.165) is 22.6 Å². The number of hydrogen-bond donors (Lipinski definition) is 1. The number of methoxy groups -OCH3 is 1. The van der Waals surface area contributed by atoms with Gasteiger partial charge in [-0.1, -0.05) is 25.1 Å². The Morgan fingerprint density at radius 3 is 2.30 bits per heavy atom. The molecule has 8 heteroatoms. The van der Waals surface area contributed by atoms with E-state index in [2.05, 4.69) is 18.3 Å². The minimum absolute atomic E-state index is 0.165. The first-order valence-corrected chi connectivity index (χ1v) is 11.9. The maximum Gasteiger partial charge on any atom is 0.335 e. The zero-order chi connectivity index (χ0) is 26.4. The first kappa shape index (κ1) is 25.5. The summed E-state index contributed by atoms with van der Waals surface area (Å²) in [6.45, 7) is 4.81. The fourth-order valence-corrected chi connectivity index (χ4v) is 3.92. The molecule has 8 nitrogen and oxygen atoms in total. The number of benzene rings is 3. The summed E-state index contributed by atoms with van der Waals surface area (Å²) < 4.78 is 16.8. The van der Waals surface area contributed by atoms with Crippen molar-refractivity contribution in [1.29, 1.82) is 0 Å². The Hall–Kier alpha value is -4.59. The maximum absolute atomic E-state index is 13.1.